The minimum Gasteiger partial charge on any atom is -0.452 e. The third-order valence-corrected chi connectivity index (χ3v) is 11.4. The fourth-order valence-corrected chi connectivity index (χ4v) is 9.12. The third kappa shape index (κ3) is 4.32. The summed E-state index contributed by atoms with van der Waals surface area (Å²) in [6.45, 7) is 0. The van der Waals surface area contributed by atoms with Crippen molar-refractivity contribution in [3.05, 3.63) is 188 Å². The Morgan fingerprint density at radius 3 is 1.64 bits per heavy atom. The van der Waals surface area contributed by atoms with Gasteiger partial charge in [0, 0.05) is 38.2 Å². The first-order valence-electron chi connectivity index (χ1n) is 18.8. The van der Waals surface area contributed by atoms with E-state index < -0.39 is 0 Å². The minimum absolute atomic E-state index is 0.764. The van der Waals surface area contributed by atoms with E-state index in [4.69, 9.17) is 8.83 Å². The molecule has 256 valence electrons. The highest BCUT2D eigenvalue weighted by molar-refractivity contribution is 6.30. The van der Waals surface area contributed by atoms with Crippen molar-refractivity contribution in [1.29, 1.82) is 0 Å². The normalized spacial score (nSPS) is 12.0. The first kappa shape index (κ1) is 30.1. The minimum atomic E-state index is 0.764. The Labute approximate surface area is 315 Å². The molecule has 0 saturated heterocycles. The number of furan rings is 2. The van der Waals surface area contributed by atoms with Crippen LogP contribution in [-0.4, -0.2) is 4.57 Å². The molecule has 3 heterocycles. The molecule has 0 saturated carbocycles. The molecular formula is C52H31NO2. The quantitative estimate of drug-likeness (QED) is 0.171. The average Bonchev–Trinajstić information content (AvgIpc) is 3.96. The lowest BCUT2D eigenvalue weighted by molar-refractivity contribution is 0.611. The van der Waals surface area contributed by atoms with Crippen molar-refractivity contribution >= 4 is 76.3 Å². The molecular weight excluding hydrogens is 671 g/mol. The molecule has 0 aliphatic heterocycles. The Morgan fingerprint density at radius 1 is 0.364 bits per heavy atom. The lowest BCUT2D eigenvalue weighted by Gasteiger charge is -2.19. The van der Waals surface area contributed by atoms with E-state index >= 15 is 0 Å². The van der Waals surface area contributed by atoms with Crippen LogP contribution in [0.5, 0.6) is 0 Å². The van der Waals surface area contributed by atoms with Crippen molar-refractivity contribution in [2.75, 3.05) is 0 Å². The number of para-hydroxylation sites is 3. The van der Waals surface area contributed by atoms with Crippen LogP contribution < -0.4 is 0 Å². The van der Waals surface area contributed by atoms with Gasteiger partial charge in [0.1, 0.15) is 11.3 Å². The monoisotopic (exact) mass is 701 g/mol. The molecule has 0 spiro atoms. The van der Waals surface area contributed by atoms with Gasteiger partial charge in [0.05, 0.1) is 11.0 Å². The second-order valence-electron chi connectivity index (χ2n) is 14.4. The van der Waals surface area contributed by atoms with Gasteiger partial charge in [-0.3, -0.25) is 0 Å². The van der Waals surface area contributed by atoms with Gasteiger partial charge in [0.15, 0.2) is 11.2 Å². The Balaban J connectivity index is 1.22. The van der Waals surface area contributed by atoms with Gasteiger partial charge >= 0.3 is 0 Å². The van der Waals surface area contributed by atoms with Crippen LogP contribution in [0.4, 0.5) is 0 Å². The maximum absolute atomic E-state index is 6.73. The largest absolute Gasteiger partial charge is 0.452 e. The van der Waals surface area contributed by atoms with Crippen molar-refractivity contribution < 1.29 is 8.83 Å². The highest BCUT2D eigenvalue weighted by atomic mass is 16.4. The second kappa shape index (κ2) is 11.6. The Morgan fingerprint density at radius 2 is 0.927 bits per heavy atom. The molecule has 3 nitrogen and oxygen atoms in total. The fourth-order valence-electron chi connectivity index (χ4n) is 9.12. The van der Waals surface area contributed by atoms with Gasteiger partial charge in [-0.15, -0.1) is 0 Å². The van der Waals surface area contributed by atoms with Gasteiger partial charge in [0.25, 0.3) is 0 Å². The molecule has 0 unspecified atom stereocenters. The zero-order valence-electron chi connectivity index (χ0n) is 29.7. The zero-order valence-corrected chi connectivity index (χ0v) is 29.7. The number of hydrogen-bond acceptors (Lipinski definition) is 2. The summed E-state index contributed by atoms with van der Waals surface area (Å²) in [5.41, 5.74) is 11.7. The van der Waals surface area contributed by atoms with E-state index in [2.05, 4.69) is 168 Å². The summed E-state index contributed by atoms with van der Waals surface area (Å²) in [7, 11) is 0. The van der Waals surface area contributed by atoms with E-state index in [0.29, 0.717) is 0 Å². The molecule has 9 aromatic carbocycles. The summed E-state index contributed by atoms with van der Waals surface area (Å²) in [4.78, 5) is 0. The maximum Gasteiger partial charge on any atom is 0.179 e. The first-order valence-corrected chi connectivity index (χ1v) is 18.8. The van der Waals surface area contributed by atoms with E-state index in [-0.39, 0.29) is 0 Å². The van der Waals surface area contributed by atoms with Crippen LogP contribution in [0.15, 0.2) is 197 Å². The summed E-state index contributed by atoms with van der Waals surface area (Å²) in [5.74, 6) is 0.822. The highest BCUT2D eigenvalue weighted by Gasteiger charge is 2.25. The number of hydrogen-bond donors (Lipinski definition) is 0. The van der Waals surface area contributed by atoms with Gasteiger partial charge in [0.2, 0.25) is 0 Å². The summed E-state index contributed by atoms with van der Waals surface area (Å²) < 4.78 is 15.8. The SMILES string of the molecule is c1ccc(-c2cc3cc(-c4c5ccccc5c(-c5cccc6c5c5ccccc5n6-c5ccccc5)c5ccccc45)c4c5ccccc5oc4c3o2)cc1. The van der Waals surface area contributed by atoms with E-state index in [1.54, 1.807) is 0 Å². The van der Waals surface area contributed by atoms with Crippen molar-refractivity contribution in [1.82, 2.24) is 4.57 Å². The van der Waals surface area contributed by atoms with Crippen LogP contribution in [0.25, 0.3) is 116 Å². The van der Waals surface area contributed by atoms with Crippen molar-refractivity contribution in [3.63, 3.8) is 0 Å². The smallest absolute Gasteiger partial charge is 0.179 e. The molecule has 0 amide bonds. The molecule has 12 aromatic rings. The van der Waals surface area contributed by atoms with Gasteiger partial charge in [-0.25, -0.2) is 0 Å². The number of fused-ring (bicyclic) bond motifs is 10. The lowest BCUT2D eigenvalue weighted by Crippen LogP contribution is -1.94. The fraction of sp³-hybridized carbons (Fsp3) is 0. The zero-order chi connectivity index (χ0) is 36.0. The van der Waals surface area contributed by atoms with Crippen LogP contribution in [0.2, 0.25) is 0 Å². The summed E-state index contributed by atoms with van der Waals surface area (Å²) in [5, 5.41) is 10.4. The number of benzene rings is 9. The molecule has 0 fully saturated rings. The third-order valence-electron chi connectivity index (χ3n) is 11.4. The number of aromatic nitrogens is 1. The van der Waals surface area contributed by atoms with Crippen LogP contribution in [-0.2, 0) is 0 Å². The predicted molar refractivity (Wildman–Crippen MR) is 229 cm³/mol. The Hall–Kier alpha value is -7.36. The molecule has 0 aliphatic rings. The molecule has 3 aromatic heterocycles. The maximum atomic E-state index is 6.73. The average molecular weight is 702 g/mol. The van der Waals surface area contributed by atoms with Gasteiger partial charge in [-0.2, -0.15) is 0 Å². The lowest BCUT2D eigenvalue weighted by atomic mass is 9.84. The molecule has 0 bridgehead atoms. The highest BCUT2D eigenvalue weighted by Crippen LogP contribution is 2.51. The predicted octanol–water partition coefficient (Wildman–Crippen LogP) is 14.7. The van der Waals surface area contributed by atoms with Crippen molar-refractivity contribution in [2.45, 2.75) is 0 Å². The molecule has 0 radical (unpaired) electrons. The van der Waals surface area contributed by atoms with Crippen LogP contribution >= 0.6 is 0 Å². The summed E-state index contributed by atoms with van der Waals surface area (Å²) in [6.07, 6.45) is 0. The topological polar surface area (TPSA) is 31.2 Å². The standard InChI is InChI=1S/C52H31NO2/c1-3-16-32(17-4-1)46-31-33-30-42(50-40-25-12-14-29-45(40)54-52(50)51(33)55-46)48-37-22-9-7-20-35(37)47(36-21-8-10-23-38(36)48)41-26-15-28-44-49(41)39-24-11-13-27-43(39)53(44)34-18-5-2-6-19-34/h1-31H. The van der Waals surface area contributed by atoms with Gasteiger partial charge in [-0.1, -0.05) is 146 Å². The van der Waals surface area contributed by atoms with E-state index in [0.717, 1.165) is 55.5 Å². The van der Waals surface area contributed by atoms with Gasteiger partial charge < -0.3 is 13.4 Å². The first-order chi connectivity index (χ1) is 27.3. The molecule has 0 atom stereocenters. The summed E-state index contributed by atoms with van der Waals surface area (Å²) in [6, 6.07) is 67.2. The molecule has 12 rings (SSSR count). The number of rotatable bonds is 4. The Kier molecular flexibility index (Phi) is 6.34. The van der Waals surface area contributed by atoms with E-state index in [1.165, 1.54) is 60.0 Å². The van der Waals surface area contributed by atoms with Crippen molar-refractivity contribution in [2.24, 2.45) is 0 Å². The molecule has 3 heteroatoms. The van der Waals surface area contributed by atoms with Crippen molar-refractivity contribution in [3.8, 4) is 39.3 Å². The number of nitrogens with zero attached hydrogens (tertiary/aromatic N) is 1. The molecule has 55 heavy (non-hydrogen) atoms. The second-order valence-corrected chi connectivity index (χ2v) is 14.4. The molecule has 0 aliphatic carbocycles. The van der Waals surface area contributed by atoms with Crippen LogP contribution in [0.1, 0.15) is 0 Å². The van der Waals surface area contributed by atoms with E-state index in [9.17, 15) is 0 Å². The Bertz CT molecular complexity index is 3420. The van der Waals surface area contributed by atoms with Crippen LogP contribution in [0, 0.1) is 0 Å². The van der Waals surface area contributed by atoms with Crippen LogP contribution in [0.3, 0.4) is 0 Å². The van der Waals surface area contributed by atoms with Gasteiger partial charge in [-0.05, 0) is 86.3 Å². The summed E-state index contributed by atoms with van der Waals surface area (Å²) >= 11 is 0. The molecule has 0 N–H and O–H groups in total. The van der Waals surface area contributed by atoms with E-state index in [1.807, 2.05) is 24.3 Å².